The number of nitro benzene ring substituents is 1. The SMILES string of the molecule is CCN1c2c3ccc([N+](=O)[O-])c2C(=O)C(=O)C1C(C)(C)O3. The predicted octanol–water partition coefficient (Wildman–Crippen LogP) is 1.73. The van der Waals surface area contributed by atoms with Crippen LogP contribution in [0.25, 0.3) is 0 Å². The highest BCUT2D eigenvalue weighted by Gasteiger charge is 2.54. The van der Waals surface area contributed by atoms with Gasteiger partial charge in [-0.3, -0.25) is 19.7 Å². The van der Waals surface area contributed by atoms with Gasteiger partial charge in [0, 0.05) is 12.6 Å². The smallest absolute Gasteiger partial charge is 0.283 e. The monoisotopic (exact) mass is 290 g/mol. The fraction of sp³-hybridized carbons (Fsp3) is 0.429. The molecule has 0 saturated carbocycles. The van der Waals surface area contributed by atoms with Gasteiger partial charge in [-0.2, -0.15) is 0 Å². The summed E-state index contributed by atoms with van der Waals surface area (Å²) in [7, 11) is 0. The van der Waals surface area contributed by atoms with Crippen LogP contribution in [0, 0.1) is 10.1 Å². The molecular formula is C14H14N2O5. The number of fused-ring (bicyclic) bond motifs is 1. The zero-order valence-corrected chi connectivity index (χ0v) is 11.9. The molecule has 7 nitrogen and oxygen atoms in total. The highest BCUT2D eigenvalue weighted by molar-refractivity contribution is 6.49. The molecule has 0 amide bonds. The number of nitrogens with zero attached hydrogens (tertiary/aromatic N) is 2. The maximum atomic E-state index is 12.4. The minimum Gasteiger partial charge on any atom is -0.483 e. The Kier molecular flexibility index (Phi) is 2.60. The minimum atomic E-state index is -0.871. The Bertz CT molecular complexity index is 695. The van der Waals surface area contributed by atoms with E-state index >= 15 is 0 Å². The van der Waals surface area contributed by atoms with E-state index in [4.69, 9.17) is 4.74 Å². The van der Waals surface area contributed by atoms with Gasteiger partial charge in [-0.15, -0.1) is 0 Å². The second-order valence-electron chi connectivity index (χ2n) is 5.65. The maximum absolute atomic E-state index is 12.4. The fourth-order valence-corrected chi connectivity index (χ4v) is 3.19. The third-order valence-corrected chi connectivity index (χ3v) is 3.99. The van der Waals surface area contributed by atoms with Gasteiger partial charge in [0.05, 0.1) is 10.6 Å². The van der Waals surface area contributed by atoms with Crippen molar-refractivity contribution < 1.29 is 19.2 Å². The number of hydrogen-bond donors (Lipinski definition) is 0. The Morgan fingerprint density at radius 2 is 2.05 bits per heavy atom. The Labute approximate surface area is 120 Å². The predicted molar refractivity (Wildman–Crippen MR) is 73.9 cm³/mol. The number of benzene rings is 1. The summed E-state index contributed by atoms with van der Waals surface area (Å²) in [6, 6.07) is 1.95. The minimum absolute atomic E-state index is 0.156. The molecule has 0 aliphatic carbocycles. The van der Waals surface area contributed by atoms with Crippen LogP contribution in [-0.4, -0.2) is 34.7 Å². The Morgan fingerprint density at radius 3 is 2.62 bits per heavy atom. The van der Waals surface area contributed by atoms with E-state index in [-0.39, 0.29) is 11.3 Å². The molecule has 2 aliphatic rings. The van der Waals surface area contributed by atoms with E-state index in [1.165, 1.54) is 12.1 Å². The number of hydrogen-bond acceptors (Lipinski definition) is 6. The molecule has 0 fully saturated rings. The van der Waals surface area contributed by atoms with Crippen LogP contribution in [0.4, 0.5) is 11.4 Å². The fourth-order valence-electron chi connectivity index (χ4n) is 3.19. The van der Waals surface area contributed by atoms with Crippen molar-refractivity contribution in [3.63, 3.8) is 0 Å². The summed E-state index contributed by atoms with van der Waals surface area (Å²) in [6.45, 7) is 5.77. The van der Waals surface area contributed by atoms with Crippen LogP contribution >= 0.6 is 0 Å². The number of ether oxygens (including phenoxy) is 1. The van der Waals surface area contributed by atoms with Gasteiger partial charge in [-0.05, 0) is 26.8 Å². The molecule has 2 heterocycles. The zero-order chi connectivity index (χ0) is 15.5. The zero-order valence-electron chi connectivity index (χ0n) is 11.9. The Balaban J connectivity index is 2.40. The van der Waals surface area contributed by atoms with Crippen LogP contribution in [0.1, 0.15) is 31.1 Å². The van der Waals surface area contributed by atoms with Crippen LogP contribution in [-0.2, 0) is 4.79 Å². The largest absolute Gasteiger partial charge is 0.483 e. The van der Waals surface area contributed by atoms with Gasteiger partial charge in [0.1, 0.15) is 23.0 Å². The first kappa shape index (κ1) is 13.5. The summed E-state index contributed by atoms with van der Waals surface area (Å²) < 4.78 is 5.81. The van der Waals surface area contributed by atoms with Crippen LogP contribution in [0.15, 0.2) is 12.1 Å². The van der Waals surface area contributed by atoms with Gasteiger partial charge in [0.25, 0.3) is 5.69 Å². The molecule has 3 rings (SSSR count). The number of ketones is 2. The molecule has 1 atom stereocenters. The molecule has 21 heavy (non-hydrogen) atoms. The summed E-state index contributed by atoms with van der Waals surface area (Å²) in [5, 5.41) is 11.1. The number of Topliss-reactive ketones (excluding diaryl/α,β-unsaturated/α-hetero) is 2. The summed E-state index contributed by atoms with van der Waals surface area (Å²) in [4.78, 5) is 37.0. The molecule has 1 aromatic carbocycles. The summed E-state index contributed by atoms with van der Waals surface area (Å²) >= 11 is 0. The first-order valence-electron chi connectivity index (χ1n) is 6.65. The topological polar surface area (TPSA) is 89.8 Å². The molecule has 0 saturated heterocycles. The number of rotatable bonds is 2. The van der Waals surface area contributed by atoms with Crippen molar-refractivity contribution in [3.05, 3.63) is 27.8 Å². The third-order valence-electron chi connectivity index (χ3n) is 3.99. The molecule has 0 aromatic heterocycles. The van der Waals surface area contributed by atoms with E-state index in [1.807, 2.05) is 6.92 Å². The summed E-state index contributed by atoms with van der Waals surface area (Å²) in [5.41, 5.74) is -1.02. The quantitative estimate of drug-likeness (QED) is 0.468. The van der Waals surface area contributed by atoms with Gasteiger partial charge in [-0.25, -0.2) is 0 Å². The Morgan fingerprint density at radius 1 is 1.38 bits per heavy atom. The van der Waals surface area contributed by atoms with Crippen molar-refractivity contribution in [2.45, 2.75) is 32.4 Å². The van der Waals surface area contributed by atoms with E-state index < -0.39 is 28.1 Å². The number of likely N-dealkylation sites (N-methyl/N-ethyl adjacent to an activating group) is 1. The molecule has 0 N–H and O–H groups in total. The van der Waals surface area contributed by atoms with Crippen LogP contribution in [0.3, 0.4) is 0 Å². The van der Waals surface area contributed by atoms with Crippen LogP contribution in [0.5, 0.6) is 5.75 Å². The van der Waals surface area contributed by atoms with E-state index in [0.717, 1.165) is 0 Å². The standard InChI is InChI=1S/C14H14N2O5/c1-4-15-10-8-6-5-7(16(19)20)9(10)11(17)12(18)13(15)14(2,3)21-8/h5-6,13H,4H2,1-3H3. The van der Waals surface area contributed by atoms with Crippen molar-refractivity contribution in [2.24, 2.45) is 0 Å². The second-order valence-corrected chi connectivity index (χ2v) is 5.65. The first-order valence-corrected chi connectivity index (χ1v) is 6.65. The van der Waals surface area contributed by atoms with Gasteiger partial charge < -0.3 is 9.64 Å². The van der Waals surface area contributed by atoms with Crippen molar-refractivity contribution in [1.29, 1.82) is 0 Å². The molecule has 0 radical (unpaired) electrons. The lowest BCUT2D eigenvalue weighted by Crippen LogP contribution is -2.64. The van der Waals surface area contributed by atoms with Crippen molar-refractivity contribution in [1.82, 2.24) is 0 Å². The second kappa shape index (κ2) is 4.03. The molecular weight excluding hydrogens is 276 g/mol. The van der Waals surface area contributed by atoms with Crippen molar-refractivity contribution >= 4 is 22.9 Å². The van der Waals surface area contributed by atoms with Crippen molar-refractivity contribution in [2.75, 3.05) is 11.4 Å². The van der Waals surface area contributed by atoms with Crippen LogP contribution in [0.2, 0.25) is 0 Å². The molecule has 2 bridgehead atoms. The van der Waals surface area contributed by atoms with Crippen LogP contribution < -0.4 is 9.64 Å². The average molecular weight is 290 g/mol. The van der Waals surface area contributed by atoms with Gasteiger partial charge in [0.15, 0.2) is 0 Å². The lowest BCUT2D eigenvalue weighted by atomic mass is 9.81. The molecule has 1 unspecified atom stereocenters. The van der Waals surface area contributed by atoms with E-state index in [2.05, 4.69) is 0 Å². The van der Waals surface area contributed by atoms with Gasteiger partial charge >= 0.3 is 0 Å². The highest BCUT2D eigenvalue weighted by Crippen LogP contribution is 2.49. The third kappa shape index (κ3) is 1.60. The first-order chi connectivity index (χ1) is 9.79. The highest BCUT2D eigenvalue weighted by atomic mass is 16.6. The summed E-state index contributed by atoms with van der Waals surface area (Å²) in [6.07, 6.45) is 0. The molecule has 2 aliphatic heterocycles. The lowest BCUT2D eigenvalue weighted by molar-refractivity contribution is -0.385. The number of carbonyl (C=O) groups is 2. The van der Waals surface area contributed by atoms with Gasteiger partial charge in [0.2, 0.25) is 11.6 Å². The number of carbonyl (C=O) groups excluding carboxylic acids is 2. The number of anilines is 1. The number of nitro groups is 1. The normalized spacial score (nSPS) is 22.0. The van der Waals surface area contributed by atoms with E-state index in [9.17, 15) is 19.7 Å². The average Bonchev–Trinajstić information content (AvgIpc) is 2.41. The van der Waals surface area contributed by atoms with E-state index in [0.29, 0.717) is 18.0 Å². The van der Waals surface area contributed by atoms with Crippen molar-refractivity contribution in [3.8, 4) is 5.75 Å². The molecule has 7 heteroatoms. The molecule has 1 aromatic rings. The lowest BCUT2D eigenvalue weighted by Gasteiger charge is -2.49. The van der Waals surface area contributed by atoms with Gasteiger partial charge in [-0.1, -0.05) is 0 Å². The summed E-state index contributed by atoms with van der Waals surface area (Å²) in [5.74, 6) is -1.06. The van der Waals surface area contributed by atoms with E-state index in [1.54, 1.807) is 18.7 Å². The molecule has 110 valence electrons. The maximum Gasteiger partial charge on any atom is 0.283 e. The molecule has 0 spiro atoms. The Hall–Kier alpha value is -2.44.